The first-order chi connectivity index (χ1) is 14.6. The molecule has 0 amide bonds. The Kier molecular flexibility index (Phi) is 8.84. The monoisotopic (exact) mass is 504 g/mol. The van der Waals surface area contributed by atoms with E-state index in [1.54, 1.807) is 13.8 Å². The molecule has 0 aromatic rings. The van der Waals surface area contributed by atoms with E-state index in [-0.39, 0.29) is 19.4 Å². The van der Waals surface area contributed by atoms with Gasteiger partial charge in [0.1, 0.15) is 6.10 Å². The molecule has 13 heteroatoms. The van der Waals surface area contributed by atoms with Gasteiger partial charge in [-0.1, -0.05) is 13.8 Å². The van der Waals surface area contributed by atoms with Gasteiger partial charge >= 0.3 is 24.5 Å². The summed E-state index contributed by atoms with van der Waals surface area (Å²) >= 11 is 0. The minimum Gasteiger partial charge on any atom is -0.462 e. The zero-order valence-electron chi connectivity index (χ0n) is 18.8. The number of aliphatic hydroxyl groups excluding tert-OH is 1. The van der Waals surface area contributed by atoms with Crippen LogP contribution >= 0.6 is 0 Å². The Morgan fingerprint density at radius 2 is 1.42 bits per heavy atom. The molecule has 0 aromatic carbocycles. The smallest absolute Gasteiger partial charge is 0.426 e. The molecule has 1 saturated carbocycles. The standard InChI is InChI=1S/C20H29F9O4/c1-10(2)9-16(3,4)15(31)33-13-7-11(14(30)18(21,22)23)6-12(8-13)17(32-5,19(24,25)26)20(27,28)29/h10-14,30H,6-9H2,1-5H3. The van der Waals surface area contributed by atoms with Crippen molar-refractivity contribution >= 4 is 5.97 Å². The number of carbonyl (C=O) groups is 1. The Balaban J connectivity index is 3.43. The van der Waals surface area contributed by atoms with Crippen LogP contribution < -0.4 is 0 Å². The zero-order chi connectivity index (χ0) is 26.2. The van der Waals surface area contributed by atoms with Crippen molar-refractivity contribution in [2.24, 2.45) is 23.2 Å². The molecule has 0 heterocycles. The zero-order valence-corrected chi connectivity index (χ0v) is 18.8. The highest BCUT2D eigenvalue weighted by Gasteiger charge is 2.76. The Morgan fingerprint density at radius 1 is 0.939 bits per heavy atom. The summed E-state index contributed by atoms with van der Waals surface area (Å²) in [6, 6.07) is 0. The molecule has 0 saturated heterocycles. The number of alkyl halides is 9. The molecule has 1 N–H and O–H groups in total. The Morgan fingerprint density at radius 3 is 1.79 bits per heavy atom. The first kappa shape index (κ1) is 29.8. The summed E-state index contributed by atoms with van der Waals surface area (Å²) in [5.74, 6) is -5.66. The second-order valence-electron chi connectivity index (χ2n) is 9.60. The second kappa shape index (κ2) is 9.79. The molecule has 0 aromatic heterocycles. The van der Waals surface area contributed by atoms with Crippen LogP contribution in [0.25, 0.3) is 0 Å². The lowest BCUT2D eigenvalue weighted by Gasteiger charge is -2.47. The number of aliphatic hydroxyl groups is 1. The van der Waals surface area contributed by atoms with Crippen LogP contribution in [0.5, 0.6) is 0 Å². The molecule has 4 nitrogen and oxygen atoms in total. The summed E-state index contributed by atoms with van der Waals surface area (Å²) in [5.41, 5.74) is -5.99. The maximum Gasteiger partial charge on any atom is 0.426 e. The highest BCUT2D eigenvalue weighted by Crippen LogP contribution is 2.55. The van der Waals surface area contributed by atoms with Crippen LogP contribution in [-0.4, -0.2) is 54.5 Å². The molecule has 1 fully saturated rings. The Labute approximate surface area is 185 Å². The van der Waals surface area contributed by atoms with Gasteiger partial charge in [0.2, 0.25) is 0 Å². The Hall–Kier alpha value is -1.24. The third kappa shape index (κ3) is 6.46. The fourth-order valence-electron chi connectivity index (χ4n) is 4.70. The van der Waals surface area contributed by atoms with E-state index in [2.05, 4.69) is 4.74 Å². The van der Waals surface area contributed by atoms with Gasteiger partial charge in [0.25, 0.3) is 5.60 Å². The van der Waals surface area contributed by atoms with E-state index in [1.165, 1.54) is 13.8 Å². The number of hydrogen-bond acceptors (Lipinski definition) is 4. The third-order valence-corrected chi connectivity index (χ3v) is 5.97. The number of hydrogen-bond donors (Lipinski definition) is 1. The van der Waals surface area contributed by atoms with Gasteiger partial charge in [-0.05, 0) is 51.4 Å². The molecule has 0 aliphatic heterocycles. The van der Waals surface area contributed by atoms with E-state index in [0.717, 1.165) is 0 Å². The first-order valence-electron chi connectivity index (χ1n) is 10.2. The Bertz CT molecular complexity index is 654. The number of ether oxygens (including phenoxy) is 2. The van der Waals surface area contributed by atoms with Crippen LogP contribution in [0, 0.1) is 23.2 Å². The fourth-order valence-corrected chi connectivity index (χ4v) is 4.70. The minimum atomic E-state index is -6.04. The number of halogens is 9. The van der Waals surface area contributed by atoms with Gasteiger partial charge in [0.15, 0.2) is 6.10 Å². The lowest BCUT2D eigenvalue weighted by molar-refractivity contribution is -0.396. The van der Waals surface area contributed by atoms with Gasteiger partial charge in [-0.2, -0.15) is 39.5 Å². The van der Waals surface area contributed by atoms with Gasteiger partial charge < -0.3 is 14.6 Å². The van der Waals surface area contributed by atoms with E-state index in [4.69, 9.17) is 4.74 Å². The molecule has 0 bridgehead atoms. The summed E-state index contributed by atoms with van der Waals surface area (Å²) in [6.07, 6.45) is -25.1. The van der Waals surface area contributed by atoms with Crippen molar-refractivity contribution in [3.8, 4) is 0 Å². The number of methoxy groups -OCH3 is 1. The van der Waals surface area contributed by atoms with Crippen LogP contribution in [0.15, 0.2) is 0 Å². The molecule has 1 aliphatic rings. The maximum absolute atomic E-state index is 13.7. The van der Waals surface area contributed by atoms with Crippen molar-refractivity contribution in [3.63, 3.8) is 0 Å². The molecule has 1 rings (SSSR count). The van der Waals surface area contributed by atoms with Crippen molar-refractivity contribution in [3.05, 3.63) is 0 Å². The normalized spacial score (nSPS) is 24.7. The van der Waals surface area contributed by atoms with E-state index in [9.17, 15) is 49.4 Å². The molecule has 4 unspecified atom stereocenters. The predicted octanol–water partition coefficient (Wildman–Crippen LogP) is 5.82. The lowest BCUT2D eigenvalue weighted by atomic mass is 9.69. The van der Waals surface area contributed by atoms with Crippen LogP contribution in [0.1, 0.15) is 53.4 Å². The van der Waals surface area contributed by atoms with Gasteiger partial charge in [-0.15, -0.1) is 0 Å². The molecule has 4 atom stereocenters. The van der Waals surface area contributed by atoms with Crippen LogP contribution in [-0.2, 0) is 14.3 Å². The van der Waals surface area contributed by atoms with E-state index in [1.807, 2.05) is 0 Å². The maximum atomic E-state index is 13.7. The summed E-state index contributed by atoms with van der Waals surface area (Å²) in [7, 11) is 0.164. The van der Waals surface area contributed by atoms with E-state index in [0.29, 0.717) is 0 Å². The summed E-state index contributed by atoms with van der Waals surface area (Å²) < 4.78 is 131. The molecule has 0 spiro atoms. The predicted molar refractivity (Wildman–Crippen MR) is 97.9 cm³/mol. The summed E-state index contributed by atoms with van der Waals surface area (Å²) in [4.78, 5) is 12.6. The van der Waals surface area contributed by atoms with Crippen molar-refractivity contribution in [1.29, 1.82) is 0 Å². The SMILES string of the molecule is COC(C1CC(OC(=O)C(C)(C)CC(C)C)CC(C(O)C(F)(F)F)C1)(C(F)(F)F)C(F)(F)F. The average Bonchev–Trinajstić information content (AvgIpc) is 2.57. The topological polar surface area (TPSA) is 55.8 Å². The number of esters is 1. The lowest BCUT2D eigenvalue weighted by Crippen LogP contribution is -2.65. The van der Waals surface area contributed by atoms with Crippen molar-refractivity contribution in [2.75, 3.05) is 7.11 Å². The highest BCUT2D eigenvalue weighted by molar-refractivity contribution is 5.76. The van der Waals surface area contributed by atoms with Crippen LogP contribution in [0.4, 0.5) is 39.5 Å². The van der Waals surface area contributed by atoms with Gasteiger partial charge in [-0.25, -0.2) is 0 Å². The number of carbonyl (C=O) groups excluding carboxylic acids is 1. The molecule has 196 valence electrons. The van der Waals surface area contributed by atoms with Crippen molar-refractivity contribution in [1.82, 2.24) is 0 Å². The molecular formula is C20H29F9O4. The van der Waals surface area contributed by atoms with Crippen molar-refractivity contribution < 1.29 is 58.9 Å². The quantitative estimate of drug-likeness (QED) is 0.351. The highest BCUT2D eigenvalue weighted by atomic mass is 19.4. The van der Waals surface area contributed by atoms with Gasteiger partial charge in [-0.3, -0.25) is 4.79 Å². The molecule has 1 aliphatic carbocycles. The molecule has 0 radical (unpaired) electrons. The summed E-state index contributed by atoms with van der Waals surface area (Å²) in [6.45, 7) is 6.42. The van der Waals surface area contributed by atoms with Crippen LogP contribution in [0.3, 0.4) is 0 Å². The largest absolute Gasteiger partial charge is 0.462 e. The van der Waals surface area contributed by atoms with Crippen molar-refractivity contribution in [2.45, 2.75) is 89.7 Å². The molecule has 33 heavy (non-hydrogen) atoms. The fraction of sp³-hybridized carbons (Fsp3) is 0.950. The number of rotatable bonds is 7. The third-order valence-electron chi connectivity index (χ3n) is 5.97. The average molecular weight is 504 g/mol. The van der Waals surface area contributed by atoms with Crippen LogP contribution in [0.2, 0.25) is 0 Å². The summed E-state index contributed by atoms with van der Waals surface area (Å²) in [5, 5.41) is 9.63. The molecular weight excluding hydrogens is 475 g/mol. The van der Waals surface area contributed by atoms with Gasteiger partial charge in [0, 0.05) is 13.0 Å². The van der Waals surface area contributed by atoms with E-state index < -0.39 is 78.8 Å². The van der Waals surface area contributed by atoms with Gasteiger partial charge in [0.05, 0.1) is 5.41 Å². The minimum absolute atomic E-state index is 0.0249. The second-order valence-corrected chi connectivity index (χ2v) is 9.60. The van der Waals surface area contributed by atoms with E-state index >= 15 is 0 Å². The first-order valence-corrected chi connectivity index (χ1v) is 10.2.